The van der Waals surface area contributed by atoms with Gasteiger partial charge in [-0.05, 0) is 42.8 Å². The molecule has 3 N–H and O–H groups in total. The molecule has 8 nitrogen and oxygen atoms in total. The van der Waals surface area contributed by atoms with Crippen molar-refractivity contribution in [2.24, 2.45) is 5.92 Å². The Kier molecular flexibility index (Phi) is 5.01. The van der Waals surface area contributed by atoms with Gasteiger partial charge in [-0.15, -0.1) is 0 Å². The molecule has 1 saturated carbocycles. The molecule has 3 heterocycles. The summed E-state index contributed by atoms with van der Waals surface area (Å²) in [4.78, 5) is 28.0. The SMILES string of the molecule is O=C1CCc2c(Oc3ccc4c(c3)C3C(CNC(=O)Nc5cc(F)cc(F)c5)C3O4)ccnc2N1. The van der Waals surface area contributed by atoms with E-state index in [4.69, 9.17) is 9.47 Å². The first-order valence-electron chi connectivity index (χ1n) is 11.2. The second kappa shape index (κ2) is 8.23. The molecule has 2 aliphatic heterocycles. The van der Waals surface area contributed by atoms with E-state index < -0.39 is 17.7 Å². The number of nitrogens with zero attached hydrogens (tertiary/aromatic N) is 1. The Bertz CT molecular complexity index is 1350. The monoisotopic (exact) mass is 478 g/mol. The van der Waals surface area contributed by atoms with Gasteiger partial charge in [0.15, 0.2) is 0 Å². The Balaban J connectivity index is 1.10. The number of benzene rings is 2. The van der Waals surface area contributed by atoms with Crippen LogP contribution < -0.4 is 25.4 Å². The highest BCUT2D eigenvalue weighted by Gasteiger charge is 2.58. The van der Waals surface area contributed by atoms with Crippen LogP contribution >= 0.6 is 0 Å². The predicted molar refractivity (Wildman–Crippen MR) is 122 cm³/mol. The number of halogens is 2. The highest BCUT2D eigenvalue weighted by atomic mass is 19.1. The number of ether oxygens (including phenoxy) is 2. The minimum absolute atomic E-state index is 0.0391. The lowest BCUT2D eigenvalue weighted by Gasteiger charge is -2.19. The van der Waals surface area contributed by atoms with E-state index in [1.54, 1.807) is 12.3 Å². The zero-order valence-corrected chi connectivity index (χ0v) is 18.3. The topological polar surface area (TPSA) is 102 Å². The number of anilines is 2. The molecule has 2 aromatic carbocycles. The quantitative estimate of drug-likeness (QED) is 0.507. The second-order valence-electron chi connectivity index (χ2n) is 8.75. The molecule has 0 spiro atoms. The minimum Gasteiger partial charge on any atom is -0.489 e. The largest absolute Gasteiger partial charge is 0.489 e. The van der Waals surface area contributed by atoms with Crippen molar-refractivity contribution in [2.45, 2.75) is 24.9 Å². The molecule has 3 aliphatic rings. The van der Waals surface area contributed by atoms with Crippen LogP contribution in [0.3, 0.4) is 0 Å². The van der Waals surface area contributed by atoms with Crippen molar-refractivity contribution < 1.29 is 27.8 Å². The van der Waals surface area contributed by atoms with Crippen molar-refractivity contribution in [1.82, 2.24) is 10.3 Å². The minimum atomic E-state index is -0.767. The number of carbonyl (C=O) groups is 2. The average molecular weight is 478 g/mol. The molecular formula is C25H20F2N4O4. The number of hydrogen-bond acceptors (Lipinski definition) is 5. The summed E-state index contributed by atoms with van der Waals surface area (Å²) in [5, 5.41) is 7.93. The Morgan fingerprint density at radius 1 is 1.14 bits per heavy atom. The van der Waals surface area contributed by atoms with E-state index in [9.17, 15) is 18.4 Å². The molecule has 0 radical (unpaired) electrons. The molecule has 0 saturated heterocycles. The summed E-state index contributed by atoms with van der Waals surface area (Å²) in [5.41, 5.74) is 1.90. The summed E-state index contributed by atoms with van der Waals surface area (Å²) in [6.07, 6.45) is 2.49. The third kappa shape index (κ3) is 4.11. The molecule has 3 atom stereocenters. The van der Waals surface area contributed by atoms with Crippen LogP contribution in [-0.4, -0.2) is 29.6 Å². The number of carbonyl (C=O) groups excluding carboxylic acids is 2. The smallest absolute Gasteiger partial charge is 0.319 e. The van der Waals surface area contributed by atoms with E-state index in [1.807, 2.05) is 18.2 Å². The van der Waals surface area contributed by atoms with Crippen molar-refractivity contribution in [2.75, 3.05) is 17.2 Å². The highest BCUT2D eigenvalue weighted by molar-refractivity contribution is 5.93. The van der Waals surface area contributed by atoms with Crippen molar-refractivity contribution in [3.63, 3.8) is 0 Å². The Morgan fingerprint density at radius 3 is 2.80 bits per heavy atom. The van der Waals surface area contributed by atoms with Gasteiger partial charge in [0.2, 0.25) is 5.91 Å². The zero-order valence-electron chi connectivity index (χ0n) is 18.3. The standard InChI is InChI=1S/C25H20F2N4O4/c26-12-7-13(27)9-14(8-12)30-25(33)29-11-18-22-17-10-15(1-3-19(17)35-23(18)22)34-20-5-6-28-24-16(20)2-4-21(32)31-24/h1,3,5-10,18,22-23H,2,4,11H2,(H,28,31,32)(H2,29,30,33). The van der Waals surface area contributed by atoms with Crippen molar-refractivity contribution in [3.8, 4) is 17.2 Å². The Hall–Kier alpha value is -4.21. The van der Waals surface area contributed by atoms with Crippen molar-refractivity contribution in [1.29, 1.82) is 0 Å². The molecule has 3 amide bonds. The van der Waals surface area contributed by atoms with E-state index in [1.165, 1.54) is 0 Å². The molecule has 3 aromatic rings. The van der Waals surface area contributed by atoms with Gasteiger partial charge >= 0.3 is 6.03 Å². The Labute approximate surface area is 198 Å². The number of nitrogens with one attached hydrogen (secondary N) is 3. The van der Waals surface area contributed by atoms with Crippen LogP contribution in [0.2, 0.25) is 0 Å². The van der Waals surface area contributed by atoms with Crippen LogP contribution in [0.15, 0.2) is 48.7 Å². The molecule has 35 heavy (non-hydrogen) atoms. The lowest BCUT2D eigenvalue weighted by molar-refractivity contribution is -0.116. The van der Waals surface area contributed by atoms with Gasteiger partial charge < -0.3 is 25.4 Å². The van der Waals surface area contributed by atoms with Crippen LogP contribution in [0.1, 0.15) is 23.5 Å². The number of pyridine rings is 1. The maximum absolute atomic E-state index is 13.3. The average Bonchev–Trinajstić information content (AvgIpc) is 3.36. The van der Waals surface area contributed by atoms with Crippen LogP contribution in [0.4, 0.5) is 25.1 Å². The summed E-state index contributed by atoms with van der Waals surface area (Å²) in [5.74, 6) is 1.20. The van der Waals surface area contributed by atoms with Crippen LogP contribution in [0, 0.1) is 17.6 Å². The maximum atomic E-state index is 13.3. The van der Waals surface area contributed by atoms with E-state index in [0.29, 0.717) is 36.7 Å². The van der Waals surface area contributed by atoms with Crippen LogP contribution in [-0.2, 0) is 11.2 Å². The van der Waals surface area contributed by atoms with E-state index in [-0.39, 0.29) is 29.5 Å². The maximum Gasteiger partial charge on any atom is 0.319 e. The fourth-order valence-electron chi connectivity index (χ4n) is 4.75. The molecule has 6 rings (SSSR count). The van der Waals surface area contributed by atoms with Gasteiger partial charge in [0.25, 0.3) is 0 Å². The molecule has 0 bridgehead atoms. The number of rotatable bonds is 5. The third-order valence-electron chi connectivity index (χ3n) is 6.42. The Morgan fingerprint density at radius 2 is 1.97 bits per heavy atom. The lowest BCUT2D eigenvalue weighted by atomic mass is 10.1. The number of aromatic nitrogens is 1. The van der Waals surface area contributed by atoms with E-state index >= 15 is 0 Å². The first-order valence-corrected chi connectivity index (χ1v) is 11.2. The molecule has 1 aromatic heterocycles. The fraction of sp³-hybridized carbons (Fsp3) is 0.240. The van der Waals surface area contributed by atoms with Crippen molar-refractivity contribution in [3.05, 3.63) is 71.4 Å². The molecule has 3 unspecified atom stereocenters. The molecule has 10 heteroatoms. The number of hydrogen-bond donors (Lipinski definition) is 3. The number of urea groups is 1. The summed E-state index contributed by atoms with van der Waals surface area (Å²) >= 11 is 0. The fourth-order valence-corrected chi connectivity index (χ4v) is 4.75. The van der Waals surface area contributed by atoms with Gasteiger partial charge in [-0.2, -0.15) is 0 Å². The number of amides is 3. The van der Waals surface area contributed by atoms with E-state index in [0.717, 1.165) is 35.1 Å². The number of fused-ring (bicyclic) bond motifs is 4. The first-order chi connectivity index (χ1) is 16.9. The zero-order chi connectivity index (χ0) is 24.1. The molecular weight excluding hydrogens is 458 g/mol. The van der Waals surface area contributed by atoms with Crippen molar-refractivity contribution >= 4 is 23.4 Å². The third-order valence-corrected chi connectivity index (χ3v) is 6.42. The normalized spacial score (nSPS) is 21.1. The van der Waals surface area contributed by atoms with Gasteiger partial charge in [-0.1, -0.05) is 0 Å². The summed E-state index contributed by atoms with van der Waals surface area (Å²) in [6, 6.07) is 9.68. The summed E-state index contributed by atoms with van der Waals surface area (Å²) in [7, 11) is 0. The second-order valence-corrected chi connectivity index (χ2v) is 8.75. The van der Waals surface area contributed by atoms with Gasteiger partial charge in [0.1, 0.15) is 40.8 Å². The van der Waals surface area contributed by atoms with E-state index in [2.05, 4.69) is 20.9 Å². The van der Waals surface area contributed by atoms with Gasteiger partial charge in [-0.3, -0.25) is 4.79 Å². The van der Waals surface area contributed by atoms with Crippen LogP contribution in [0.25, 0.3) is 0 Å². The van der Waals surface area contributed by atoms with Crippen LogP contribution in [0.5, 0.6) is 17.2 Å². The summed E-state index contributed by atoms with van der Waals surface area (Å²) < 4.78 is 38.8. The lowest BCUT2D eigenvalue weighted by Crippen LogP contribution is -2.31. The molecule has 178 valence electrons. The molecule has 1 fully saturated rings. The predicted octanol–water partition coefficient (Wildman–Crippen LogP) is 4.33. The molecule has 1 aliphatic carbocycles. The van der Waals surface area contributed by atoms with Gasteiger partial charge in [0.05, 0.1) is 0 Å². The summed E-state index contributed by atoms with van der Waals surface area (Å²) in [6.45, 7) is 0.348. The van der Waals surface area contributed by atoms with Gasteiger partial charge in [-0.25, -0.2) is 18.6 Å². The van der Waals surface area contributed by atoms with Gasteiger partial charge in [0, 0.05) is 53.9 Å². The first kappa shape index (κ1) is 21.3. The highest BCUT2D eigenvalue weighted by Crippen LogP contribution is 2.58.